The van der Waals surface area contributed by atoms with Crippen LogP contribution in [0, 0.1) is 12.8 Å². The van der Waals surface area contributed by atoms with Gasteiger partial charge in [0.2, 0.25) is 0 Å². The number of pyridine rings is 1. The van der Waals surface area contributed by atoms with Crippen molar-refractivity contribution in [2.24, 2.45) is 5.92 Å². The highest BCUT2D eigenvalue weighted by atomic mass is 16.6. The van der Waals surface area contributed by atoms with Crippen molar-refractivity contribution < 1.29 is 9.53 Å². The largest absolute Gasteiger partial charge is 0.444 e. The molecule has 2 heterocycles. The molecule has 1 aromatic heterocycles. The van der Waals surface area contributed by atoms with E-state index in [0.717, 1.165) is 31.9 Å². The lowest BCUT2D eigenvalue weighted by Crippen LogP contribution is -2.36. The minimum Gasteiger partial charge on any atom is -0.444 e. The molecule has 22 heavy (non-hydrogen) atoms. The van der Waals surface area contributed by atoms with E-state index in [4.69, 9.17) is 4.74 Å². The van der Waals surface area contributed by atoms with Gasteiger partial charge in [-0.1, -0.05) is 0 Å². The highest BCUT2D eigenvalue weighted by molar-refractivity contribution is 5.68. The molecule has 5 nitrogen and oxygen atoms in total. The fourth-order valence-corrected chi connectivity index (χ4v) is 2.68. The highest BCUT2D eigenvalue weighted by Crippen LogP contribution is 2.22. The van der Waals surface area contributed by atoms with E-state index < -0.39 is 5.60 Å². The van der Waals surface area contributed by atoms with Gasteiger partial charge < -0.3 is 14.5 Å². The average Bonchev–Trinajstić information content (AvgIpc) is 2.85. The molecule has 1 saturated heterocycles. The molecule has 0 aliphatic carbocycles. The van der Waals surface area contributed by atoms with Crippen molar-refractivity contribution in [1.82, 2.24) is 9.88 Å². The Morgan fingerprint density at radius 2 is 2.23 bits per heavy atom. The molecule has 1 fully saturated rings. The molecule has 0 bridgehead atoms. The molecular weight excluding hydrogens is 278 g/mol. The standard InChI is InChI=1S/C17H27N3O2/c1-13-6-8-18-15(10-13)19(5)11-14-7-9-20(12-14)16(21)22-17(2,3)4/h6,8,10,14H,7,9,11-12H2,1-5H3/t14-/m1/s1. The van der Waals surface area contributed by atoms with Gasteiger partial charge in [0, 0.05) is 32.9 Å². The summed E-state index contributed by atoms with van der Waals surface area (Å²) in [4.78, 5) is 20.5. The summed E-state index contributed by atoms with van der Waals surface area (Å²) in [6, 6.07) is 4.08. The number of hydrogen-bond acceptors (Lipinski definition) is 4. The number of aryl methyl sites for hydroxylation is 1. The zero-order valence-electron chi connectivity index (χ0n) is 14.3. The summed E-state index contributed by atoms with van der Waals surface area (Å²) in [5, 5.41) is 0. The Balaban J connectivity index is 1.87. The van der Waals surface area contributed by atoms with Crippen LogP contribution in [0.5, 0.6) is 0 Å². The van der Waals surface area contributed by atoms with Crippen LogP contribution in [0.4, 0.5) is 10.6 Å². The summed E-state index contributed by atoms with van der Waals surface area (Å²) >= 11 is 0. The molecule has 0 unspecified atom stereocenters. The van der Waals surface area contributed by atoms with Gasteiger partial charge in [-0.15, -0.1) is 0 Å². The van der Waals surface area contributed by atoms with Gasteiger partial charge >= 0.3 is 6.09 Å². The number of likely N-dealkylation sites (tertiary alicyclic amines) is 1. The molecule has 0 N–H and O–H groups in total. The fraction of sp³-hybridized carbons (Fsp3) is 0.647. The normalized spacial score (nSPS) is 18.4. The maximum Gasteiger partial charge on any atom is 0.410 e. The van der Waals surface area contributed by atoms with Crippen molar-refractivity contribution in [2.45, 2.75) is 39.7 Å². The van der Waals surface area contributed by atoms with Gasteiger partial charge in [-0.3, -0.25) is 0 Å². The lowest BCUT2D eigenvalue weighted by molar-refractivity contribution is 0.0288. The van der Waals surface area contributed by atoms with Crippen LogP contribution in [-0.4, -0.2) is 48.3 Å². The summed E-state index contributed by atoms with van der Waals surface area (Å²) in [5.41, 5.74) is 0.774. The van der Waals surface area contributed by atoms with Crippen molar-refractivity contribution in [3.63, 3.8) is 0 Å². The average molecular weight is 305 g/mol. The zero-order valence-corrected chi connectivity index (χ0v) is 14.3. The first-order chi connectivity index (χ1) is 10.2. The molecule has 5 heteroatoms. The van der Waals surface area contributed by atoms with Crippen molar-refractivity contribution in [1.29, 1.82) is 0 Å². The second kappa shape index (κ2) is 6.55. The van der Waals surface area contributed by atoms with Crippen LogP contribution in [0.25, 0.3) is 0 Å². The Morgan fingerprint density at radius 1 is 1.50 bits per heavy atom. The third-order valence-corrected chi connectivity index (χ3v) is 3.76. The van der Waals surface area contributed by atoms with Crippen LogP contribution in [0.2, 0.25) is 0 Å². The number of amides is 1. The summed E-state index contributed by atoms with van der Waals surface area (Å²) in [5.74, 6) is 1.44. The third kappa shape index (κ3) is 4.61. The maximum absolute atomic E-state index is 12.1. The number of carbonyl (C=O) groups is 1. The minimum absolute atomic E-state index is 0.202. The van der Waals surface area contributed by atoms with Gasteiger partial charge in [0.1, 0.15) is 11.4 Å². The van der Waals surface area contributed by atoms with E-state index in [0.29, 0.717) is 5.92 Å². The van der Waals surface area contributed by atoms with Crippen molar-refractivity contribution in [2.75, 3.05) is 31.6 Å². The number of carbonyl (C=O) groups excluding carboxylic acids is 1. The Morgan fingerprint density at radius 3 is 2.86 bits per heavy atom. The molecule has 0 spiro atoms. The second-order valence-electron chi connectivity index (χ2n) is 7.15. The summed E-state index contributed by atoms with van der Waals surface area (Å²) in [6.45, 7) is 10.2. The Bertz CT molecular complexity index is 525. The van der Waals surface area contributed by atoms with Gasteiger partial charge in [-0.2, -0.15) is 0 Å². The predicted octanol–water partition coefficient (Wildman–Crippen LogP) is 3.08. The fourth-order valence-electron chi connectivity index (χ4n) is 2.68. The van der Waals surface area contributed by atoms with Gasteiger partial charge in [-0.05, 0) is 57.7 Å². The molecule has 0 saturated carbocycles. The van der Waals surface area contributed by atoms with Crippen LogP contribution in [0.15, 0.2) is 18.3 Å². The number of hydrogen-bond donors (Lipinski definition) is 0. The van der Waals surface area contributed by atoms with Crippen LogP contribution < -0.4 is 4.90 Å². The van der Waals surface area contributed by atoms with Crippen LogP contribution in [-0.2, 0) is 4.74 Å². The first-order valence-electron chi connectivity index (χ1n) is 7.86. The monoisotopic (exact) mass is 305 g/mol. The first-order valence-corrected chi connectivity index (χ1v) is 7.86. The Hall–Kier alpha value is -1.78. The number of ether oxygens (including phenoxy) is 1. The molecule has 1 atom stereocenters. The second-order valence-corrected chi connectivity index (χ2v) is 7.15. The SMILES string of the molecule is Cc1ccnc(N(C)C[C@H]2CCN(C(=O)OC(C)(C)C)C2)c1. The third-order valence-electron chi connectivity index (χ3n) is 3.76. The summed E-state index contributed by atoms with van der Waals surface area (Å²) in [7, 11) is 2.05. The summed E-state index contributed by atoms with van der Waals surface area (Å²) in [6.07, 6.45) is 2.64. The first kappa shape index (κ1) is 16.6. The van der Waals surface area contributed by atoms with Gasteiger partial charge in [-0.25, -0.2) is 9.78 Å². The highest BCUT2D eigenvalue weighted by Gasteiger charge is 2.30. The molecule has 1 aliphatic heterocycles. The van der Waals surface area contributed by atoms with Crippen molar-refractivity contribution in [3.8, 4) is 0 Å². The minimum atomic E-state index is -0.433. The van der Waals surface area contributed by atoms with Crippen LogP contribution in [0.1, 0.15) is 32.8 Å². The molecule has 1 amide bonds. The van der Waals surface area contributed by atoms with Crippen LogP contribution in [0.3, 0.4) is 0 Å². The quantitative estimate of drug-likeness (QED) is 0.861. The van der Waals surface area contributed by atoms with E-state index in [9.17, 15) is 4.79 Å². The molecule has 0 aromatic carbocycles. The number of rotatable bonds is 3. The van der Waals surface area contributed by atoms with Gasteiger partial charge in [0.25, 0.3) is 0 Å². The van der Waals surface area contributed by atoms with E-state index in [1.54, 1.807) is 0 Å². The molecule has 1 aliphatic rings. The van der Waals surface area contributed by atoms with E-state index >= 15 is 0 Å². The maximum atomic E-state index is 12.1. The van der Waals surface area contributed by atoms with E-state index in [2.05, 4.69) is 29.9 Å². The van der Waals surface area contributed by atoms with Gasteiger partial charge in [0.05, 0.1) is 0 Å². The Labute approximate surface area is 133 Å². The number of anilines is 1. The predicted molar refractivity (Wildman–Crippen MR) is 88.2 cm³/mol. The lowest BCUT2D eigenvalue weighted by atomic mass is 10.1. The molecule has 2 rings (SSSR count). The smallest absolute Gasteiger partial charge is 0.410 e. The van der Waals surface area contributed by atoms with Crippen molar-refractivity contribution in [3.05, 3.63) is 23.9 Å². The van der Waals surface area contributed by atoms with E-state index in [1.807, 2.05) is 37.9 Å². The zero-order chi connectivity index (χ0) is 16.3. The lowest BCUT2D eigenvalue weighted by Gasteiger charge is -2.25. The Kier molecular flexibility index (Phi) is 4.94. The molecular formula is C17H27N3O2. The number of aromatic nitrogens is 1. The van der Waals surface area contributed by atoms with Gasteiger partial charge in [0.15, 0.2) is 0 Å². The summed E-state index contributed by atoms with van der Waals surface area (Å²) < 4.78 is 5.44. The molecule has 1 aromatic rings. The number of nitrogens with zero attached hydrogens (tertiary/aromatic N) is 3. The van der Waals surface area contributed by atoms with Crippen molar-refractivity contribution >= 4 is 11.9 Å². The van der Waals surface area contributed by atoms with E-state index in [-0.39, 0.29) is 6.09 Å². The molecule has 122 valence electrons. The topological polar surface area (TPSA) is 45.7 Å². The molecule has 0 radical (unpaired) electrons. The van der Waals surface area contributed by atoms with E-state index in [1.165, 1.54) is 5.56 Å². The van der Waals surface area contributed by atoms with Crippen LogP contribution >= 0.6 is 0 Å².